The summed E-state index contributed by atoms with van der Waals surface area (Å²) in [5, 5.41) is 10.8. The van der Waals surface area contributed by atoms with E-state index in [9.17, 15) is 32.3 Å². The van der Waals surface area contributed by atoms with E-state index in [1.54, 1.807) is 6.07 Å². The number of piperidine rings is 1. The summed E-state index contributed by atoms with van der Waals surface area (Å²) in [6.45, 7) is 9.47. The maximum absolute atomic E-state index is 14.5. The number of pyridine rings is 1. The molecule has 2 N–H and O–H groups in total. The predicted octanol–water partition coefficient (Wildman–Crippen LogP) is 5.86. The standard InChI is InChI=1S/C37H45F3N6O5/c1-20(2)18-51-25-14-24-10-8-6-7-9-11-29(48)41-19-36-16-27(35(50)43-34-21(3)12-13-28(42-34)37(38,39)40)46(33(36)22(36)4)30(49)17-45-32(24)26(15-25)31(44-45)23(5)47/h12-15,20,22,27,33H,6-11,16-19H2,1-5H3,(H,41,48)(H,42,43,50)/t22?,27-,33?,36+/m0/s1. The lowest BCUT2D eigenvalue weighted by Gasteiger charge is -2.28. The second kappa shape index (κ2) is 13.9. The van der Waals surface area contributed by atoms with E-state index in [0.29, 0.717) is 48.1 Å². The van der Waals surface area contributed by atoms with Crippen molar-refractivity contribution in [2.75, 3.05) is 18.5 Å². The van der Waals surface area contributed by atoms with Gasteiger partial charge in [-0.2, -0.15) is 18.3 Å². The van der Waals surface area contributed by atoms with Gasteiger partial charge in [-0.3, -0.25) is 23.9 Å². The average molecular weight is 711 g/mol. The molecule has 4 heterocycles. The third kappa shape index (κ3) is 7.18. The lowest BCUT2D eigenvalue weighted by Crippen LogP contribution is -2.47. The van der Waals surface area contributed by atoms with Crippen molar-refractivity contribution in [3.05, 3.63) is 46.8 Å². The minimum atomic E-state index is -4.71. The molecule has 11 nitrogen and oxygen atoms in total. The summed E-state index contributed by atoms with van der Waals surface area (Å²) in [6, 6.07) is 4.36. The van der Waals surface area contributed by atoms with E-state index in [1.165, 1.54) is 29.5 Å². The highest BCUT2D eigenvalue weighted by molar-refractivity contribution is 6.06. The lowest BCUT2D eigenvalue weighted by atomic mass is 9.95. The molecule has 2 bridgehead atoms. The Labute approximate surface area is 294 Å². The molecule has 2 aromatic heterocycles. The van der Waals surface area contributed by atoms with Crippen LogP contribution in [0, 0.1) is 24.2 Å². The number of hydrogen-bond acceptors (Lipinski definition) is 7. The first-order valence-electron chi connectivity index (χ1n) is 17.7. The van der Waals surface area contributed by atoms with Crippen molar-refractivity contribution in [2.24, 2.45) is 17.3 Å². The number of Topliss-reactive ketones (excluding diaryl/α,β-unsaturated/α-hetero) is 1. The first-order valence-corrected chi connectivity index (χ1v) is 17.7. The monoisotopic (exact) mass is 710 g/mol. The van der Waals surface area contributed by atoms with Gasteiger partial charge in [0.25, 0.3) is 0 Å². The fourth-order valence-corrected chi connectivity index (χ4v) is 7.85. The number of nitrogens with zero attached hydrogens (tertiary/aromatic N) is 4. The number of carbonyl (C=O) groups is 4. The number of anilines is 1. The molecule has 2 aliphatic heterocycles. The molecule has 3 amide bonds. The first kappa shape index (κ1) is 36.3. The van der Waals surface area contributed by atoms with Gasteiger partial charge in [-0.1, -0.05) is 39.7 Å². The van der Waals surface area contributed by atoms with E-state index in [1.807, 2.05) is 26.8 Å². The second-order valence-corrected chi connectivity index (χ2v) is 14.8. The lowest BCUT2D eigenvalue weighted by molar-refractivity contribution is -0.141. The highest BCUT2D eigenvalue weighted by atomic mass is 19.4. The number of nitrogens with one attached hydrogen (secondary N) is 2. The van der Waals surface area contributed by atoms with E-state index < -0.39 is 41.2 Å². The number of aromatic nitrogens is 3. The van der Waals surface area contributed by atoms with Crippen LogP contribution in [0.5, 0.6) is 5.75 Å². The van der Waals surface area contributed by atoms with Crippen LogP contribution in [-0.4, -0.2) is 68.4 Å². The molecule has 2 unspecified atom stereocenters. The summed E-state index contributed by atoms with van der Waals surface area (Å²) in [7, 11) is 0. The van der Waals surface area contributed by atoms with Crippen molar-refractivity contribution >= 4 is 40.2 Å². The van der Waals surface area contributed by atoms with Gasteiger partial charge in [0.15, 0.2) is 5.78 Å². The summed E-state index contributed by atoms with van der Waals surface area (Å²) in [4.78, 5) is 59.4. The Hall–Kier alpha value is -4.49. The molecule has 2 fully saturated rings. The molecule has 3 aromatic rings. The number of alkyl halides is 3. The molecule has 1 saturated carbocycles. The predicted molar refractivity (Wildman–Crippen MR) is 183 cm³/mol. The number of halogens is 3. The van der Waals surface area contributed by atoms with Crippen LogP contribution in [0.4, 0.5) is 19.0 Å². The van der Waals surface area contributed by atoms with Crippen LogP contribution in [0.1, 0.15) is 93.5 Å². The molecule has 1 aromatic carbocycles. The Balaban J connectivity index is 1.40. The number of benzene rings is 1. The zero-order valence-electron chi connectivity index (χ0n) is 29.7. The topological polar surface area (TPSA) is 136 Å². The molecule has 6 rings (SSSR count). The molecule has 0 spiro atoms. The number of amides is 3. The maximum atomic E-state index is 14.5. The number of aryl methyl sites for hydroxylation is 2. The molecular formula is C37H45F3N6O5. The summed E-state index contributed by atoms with van der Waals surface area (Å²) in [6.07, 6.45) is -0.302. The Morgan fingerprint density at radius 1 is 1.12 bits per heavy atom. The van der Waals surface area contributed by atoms with E-state index in [2.05, 4.69) is 20.7 Å². The van der Waals surface area contributed by atoms with Crippen molar-refractivity contribution in [3.63, 3.8) is 0 Å². The van der Waals surface area contributed by atoms with Gasteiger partial charge in [0.1, 0.15) is 35.5 Å². The van der Waals surface area contributed by atoms with E-state index >= 15 is 0 Å². The summed E-state index contributed by atoms with van der Waals surface area (Å²) < 4.78 is 48.1. The molecule has 51 heavy (non-hydrogen) atoms. The Kier molecular flexibility index (Phi) is 9.90. The third-order valence-electron chi connectivity index (χ3n) is 10.6. The molecule has 1 aliphatic carbocycles. The fourth-order valence-electron chi connectivity index (χ4n) is 7.85. The normalized spacial score (nSPS) is 24.3. The van der Waals surface area contributed by atoms with Crippen molar-refractivity contribution in [1.82, 2.24) is 25.0 Å². The Morgan fingerprint density at radius 2 is 1.84 bits per heavy atom. The van der Waals surface area contributed by atoms with Crippen LogP contribution in [-0.2, 0) is 33.5 Å². The summed E-state index contributed by atoms with van der Waals surface area (Å²) in [5.41, 5.74) is 0.317. The Bertz CT molecular complexity index is 1870. The van der Waals surface area contributed by atoms with Gasteiger partial charge in [-0.05, 0) is 73.8 Å². The summed E-state index contributed by atoms with van der Waals surface area (Å²) >= 11 is 0. The van der Waals surface area contributed by atoms with Crippen molar-refractivity contribution in [1.29, 1.82) is 0 Å². The van der Waals surface area contributed by atoms with Crippen LogP contribution in [0.3, 0.4) is 0 Å². The van der Waals surface area contributed by atoms with Crippen molar-refractivity contribution < 1.29 is 37.1 Å². The minimum Gasteiger partial charge on any atom is -0.493 e. The zero-order valence-corrected chi connectivity index (χ0v) is 29.7. The van der Waals surface area contributed by atoms with E-state index in [0.717, 1.165) is 30.9 Å². The zero-order chi connectivity index (χ0) is 36.8. The average Bonchev–Trinajstić information content (AvgIpc) is 3.33. The van der Waals surface area contributed by atoms with Gasteiger partial charge < -0.3 is 20.3 Å². The van der Waals surface area contributed by atoms with Gasteiger partial charge in [-0.25, -0.2) is 4.98 Å². The van der Waals surface area contributed by atoms with Crippen LogP contribution in [0.2, 0.25) is 0 Å². The quantitative estimate of drug-likeness (QED) is 0.306. The van der Waals surface area contributed by atoms with Gasteiger partial charge in [0.05, 0.1) is 12.1 Å². The highest BCUT2D eigenvalue weighted by Crippen LogP contribution is 2.64. The summed E-state index contributed by atoms with van der Waals surface area (Å²) in [5.74, 6) is -0.890. The molecule has 0 radical (unpaired) electrons. The number of carbonyl (C=O) groups excluding carboxylic acids is 4. The van der Waals surface area contributed by atoms with Crippen LogP contribution < -0.4 is 15.4 Å². The Morgan fingerprint density at radius 3 is 2.53 bits per heavy atom. The van der Waals surface area contributed by atoms with Gasteiger partial charge in [0.2, 0.25) is 17.7 Å². The van der Waals surface area contributed by atoms with Crippen molar-refractivity contribution in [2.45, 2.75) is 104 Å². The third-order valence-corrected chi connectivity index (χ3v) is 10.6. The van der Waals surface area contributed by atoms with Gasteiger partial charge in [0, 0.05) is 36.7 Å². The van der Waals surface area contributed by atoms with Crippen molar-refractivity contribution in [3.8, 4) is 5.75 Å². The van der Waals surface area contributed by atoms with Crippen LogP contribution >= 0.6 is 0 Å². The van der Waals surface area contributed by atoms with Gasteiger partial charge in [-0.15, -0.1) is 0 Å². The minimum absolute atomic E-state index is 0.0588. The fraction of sp³-hybridized carbons (Fsp3) is 0.568. The number of rotatable bonds is 6. The van der Waals surface area contributed by atoms with Crippen LogP contribution in [0.15, 0.2) is 24.3 Å². The SMILES string of the molecule is CC(=O)c1nn2c3c(cc(OCC(C)C)cc13)CCCCCCC(=O)NC[C@@]13C[C@@H](C(=O)Nc4nc(C(F)(F)F)ccc4C)N(C(=O)C2)C1C3C. The molecule has 14 heteroatoms. The molecule has 1 saturated heterocycles. The van der Waals surface area contributed by atoms with Gasteiger partial charge >= 0.3 is 6.18 Å². The molecular weight excluding hydrogens is 665 g/mol. The number of ether oxygens (including phenoxy) is 1. The molecule has 3 aliphatic rings. The highest BCUT2D eigenvalue weighted by Gasteiger charge is 2.72. The largest absolute Gasteiger partial charge is 0.493 e. The number of ketones is 1. The van der Waals surface area contributed by atoms with Crippen LogP contribution in [0.25, 0.3) is 10.9 Å². The molecule has 274 valence electrons. The maximum Gasteiger partial charge on any atom is 0.433 e. The smallest absolute Gasteiger partial charge is 0.433 e. The van der Waals surface area contributed by atoms with E-state index in [-0.39, 0.29) is 54.5 Å². The van der Waals surface area contributed by atoms with E-state index in [4.69, 9.17) is 4.74 Å². The second-order valence-electron chi connectivity index (χ2n) is 14.8. The first-order chi connectivity index (χ1) is 24.1. The number of hydrogen-bond donors (Lipinski definition) is 2. The molecule has 4 atom stereocenters.